The summed E-state index contributed by atoms with van der Waals surface area (Å²) in [5.41, 5.74) is -0.819. The van der Waals surface area contributed by atoms with E-state index in [0.717, 1.165) is 12.5 Å². The molecular weight excluding hydrogens is 280 g/mol. The summed E-state index contributed by atoms with van der Waals surface area (Å²) in [6.45, 7) is 4.10. The Labute approximate surface area is 131 Å². The fraction of sp³-hybridized carbons (Fsp3) is 0.611. The molecule has 0 heterocycles. The molecule has 0 saturated heterocycles. The van der Waals surface area contributed by atoms with Gasteiger partial charge in [-0.25, -0.2) is 4.79 Å². The third kappa shape index (κ3) is 3.68. The van der Waals surface area contributed by atoms with Gasteiger partial charge >= 0.3 is 5.97 Å². The summed E-state index contributed by atoms with van der Waals surface area (Å²) < 4.78 is 0. The molecule has 0 unspecified atom stereocenters. The molecule has 0 amide bonds. The van der Waals surface area contributed by atoms with E-state index in [9.17, 15) is 15.0 Å². The van der Waals surface area contributed by atoms with Gasteiger partial charge in [0.1, 0.15) is 0 Å². The van der Waals surface area contributed by atoms with Gasteiger partial charge < -0.3 is 15.3 Å². The van der Waals surface area contributed by atoms with Gasteiger partial charge in [-0.05, 0) is 43.4 Å². The summed E-state index contributed by atoms with van der Waals surface area (Å²) in [5, 5.41) is 29.0. The molecule has 2 rings (SSSR count). The minimum atomic E-state index is -0.963. The van der Waals surface area contributed by atoms with Crippen molar-refractivity contribution in [1.82, 2.24) is 0 Å². The molecule has 0 bridgehead atoms. The molecule has 1 fully saturated rings. The van der Waals surface area contributed by atoms with Gasteiger partial charge in [0, 0.05) is 18.6 Å². The summed E-state index contributed by atoms with van der Waals surface area (Å²) in [7, 11) is 0. The third-order valence-electron chi connectivity index (χ3n) is 5.11. The number of aliphatic hydroxyl groups excluding tert-OH is 1. The van der Waals surface area contributed by atoms with Crippen LogP contribution in [0.5, 0.6) is 0 Å². The van der Waals surface area contributed by atoms with Gasteiger partial charge in [0.05, 0.1) is 5.60 Å². The lowest BCUT2D eigenvalue weighted by Gasteiger charge is -2.50. The van der Waals surface area contributed by atoms with Crippen molar-refractivity contribution >= 4 is 5.97 Å². The number of carboxylic acids is 1. The SMILES string of the molecule is C[C@H]1C=C[C@H]2C[C@@H](CO)C[C@](C)(O)[C@@H]2[C@H]1/C=C/C=C/C(=O)O. The van der Waals surface area contributed by atoms with E-state index in [4.69, 9.17) is 5.11 Å². The third-order valence-corrected chi connectivity index (χ3v) is 5.11. The van der Waals surface area contributed by atoms with Crippen LogP contribution >= 0.6 is 0 Å². The number of fused-ring (bicyclic) bond motifs is 1. The minimum absolute atomic E-state index is 0.102. The Morgan fingerprint density at radius 1 is 1.36 bits per heavy atom. The Hall–Kier alpha value is -1.39. The molecule has 2 aliphatic carbocycles. The second kappa shape index (κ2) is 6.80. The molecule has 4 nitrogen and oxygen atoms in total. The molecule has 2 aliphatic rings. The molecule has 3 N–H and O–H groups in total. The van der Waals surface area contributed by atoms with Crippen LogP contribution in [-0.4, -0.2) is 33.5 Å². The average molecular weight is 306 g/mol. The van der Waals surface area contributed by atoms with Gasteiger partial charge in [-0.3, -0.25) is 0 Å². The van der Waals surface area contributed by atoms with Crippen molar-refractivity contribution in [2.24, 2.45) is 29.6 Å². The zero-order chi connectivity index (χ0) is 16.3. The van der Waals surface area contributed by atoms with Gasteiger partial charge in [-0.15, -0.1) is 0 Å². The van der Waals surface area contributed by atoms with E-state index in [0.29, 0.717) is 12.3 Å². The highest BCUT2D eigenvalue weighted by Gasteiger charge is 2.48. The first kappa shape index (κ1) is 17.0. The maximum Gasteiger partial charge on any atom is 0.328 e. The van der Waals surface area contributed by atoms with Gasteiger partial charge in [0.2, 0.25) is 0 Å². The van der Waals surface area contributed by atoms with E-state index in [2.05, 4.69) is 19.1 Å². The summed E-state index contributed by atoms with van der Waals surface area (Å²) in [6.07, 6.45) is 12.3. The average Bonchev–Trinajstić information content (AvgIpc) is 2.44. The molecule has 0 radical (unpaired) electrons. The number of hydrogen-bond acceptors (Lipinski definition) is 3. The molecule has 6 atom stereocenters. The van der Waals surface area contributed by atoms with Crippen LogP contribution < -0.4 is 0 Å². The van der Waals surface area contributed by atoms with Crippen LogP contribution in [0.1, 0.15) is 26.7 Å². The van der Waals surface area contributed by atoms with E-state index in [-0.39, 0.29) is 30.3 Å². The van der Waals surface area contributed by atoms with Crippen LogP contribution in [0, 0.1) is 29.6 Å². The van der Waals surface area contributed by atoms with Crippen molar-refractivity contribution in [3.8, 4) is 0 Å². The Morgan fingerprint density at radius 2 is 2.09 bits per heavy atom. The predicted molar refractivity (Wildman–Crippen MR) is 85.1 cm³/mol. The first-order valence-corrected chi connectivity index (χ1v) is 7.94. The summed E-state index contributed by atoms with van der Waals surface area (Å²) in [5.74, 6) is 0.0105. The Balaban J connectivity index is 2.22. The van der Waals surface area contributed by atoms with E-state index in [1.807, 2.05) is 13.0 Å². The van der Waals surface area contributed by atoms with Gasteiger partial charge in [0.15, 0.2) is 0 Å². The summed E-state index contributed by atoms with van der Waals surface area (Å²) in [4.78, 5) is 10.5. The van der Waals surface area contributed by atoms with Gasteiger partial charge in [-0.1, -0.05) is 37.3 Å². The molecular formula is C18H26O4. The van der Waals surface area contributed by atoms with Crippen molar-refractivity contribution in [3.05, 3.63) is 36.5 Å². The quantitative estimate of drug-likeness (QED) is 0.423. The zero-order valence-electron chi connectivity index (χ0n) is 13.2. The Kier molecular flexibility index (Phi) is 5.24. The van der Waals surface area contributed by atoms with Gasteiger partial charge in [0.25, 0.3) is 0 Å². The molecule has 4 heteroatoms. The number of rotatable bonds is 4. The second-order valence-corrected chi connectivity index (χ2v) is 6.94. The van der Waals surface area contributed by atoms with Crippen LogP contribution in [0.25, 0.3) is 0 Å². The molecule has 22 heavy (non-hydrogen) atoms. The summed E-state index contributed by atoms with van der Waals surface area (Å²) in [6, 6.07) is 0. The molecule has 0 aromatic rings. The van der Waals surface area contributed by atoms with Crippen molar-refractivity contribution in [3.63, 3.8) is 0 Å². The largest absolute Gasteiger partial charge is 0.478 e. The van der Waals surface area contributed by atoms with Gasteiger partial charge in [-0.2, -0.15) is 0 Å². The second-order valence-electron chi connectivity index (χ2n) is 6.94. The van der Waals surface area contributed by atoms with Crippen molar-refractivity contribution < 1.29 is 20.1 Å². The lowest BCUT2D eigenvalue weighted by atomic mass is 9.57. The first-order valence-electron chi connectivity index (χ1n) is 7.94. The molecule has 1 saturated carbocycles. The van der Waals surface area contributed by atoms with E-state index < -0.39 is 11.6 Å². The van der Waals surface area contributed by atoms with Crippen molar-refractivity contribution in [1.29, 1.82) is 0 Å². The van der Waals surface area contributed by atoms with E-state index in [1.165, 1.54) is 6.08 Å². The lowest BCUT2D eigenvalue weighted by Crippen LogP contribution is -2.51. The lowest BCUT2D eigenvalue weighted by molar-refractivity contribution is -0.131. The van der Waals surface area contributed by atoms with Crippen LogP contribution in [0.15, 0.2) is 36.5 Å². The van der Waals surface area contributed by atoms with Crippen LogP contribution in [0.3, 0.4) is 0 Å². The molecule has 0 spiro atoms. The van der Waals surface area contributed by atoms with Crippen molar-refractivity contribution in [2.75, 3.05) is 6.61 Å². The highest BCUT2D eigenvalue weighted by Crippen LogP contribution is 2.50. The number of aliphatic hydroxyl groups is 2. The molecule has 0 aromatic heterocycles. The molecule has 122 valence electrons. The maximum atomic E-state index is 10.9. The fourth-order valence-corrected chi connectivity index (χ4v) is 4.23. The number of hydrogen-bond donors (Lipinski definition) is 3. The minimum Gasteiger partial charge on any atom is -0.478 e. The zero-order valence-corrected chi connectivity index (χ0v) is 13.2. The fourth-order valence-electron chi connectivity index (χ4n) is 4.23. The normalized spacial score (nSPS) is 41.9. The highest BCUT2D eigenvalue weighted by atomic mass is 16.4. The van der Waals surface area contributed by atoms with E-state index in [1.54, 1.807) is 6.08 Å². The first-order chi connectivity index (χ1) is 10.3. The maximum absolute atomic E-state index is 10.9. The number of allylic oxidation sites excluding steroid dienone is 5. The Bertz CT molecular complexity index is 489. The van der Waals surface area contributed by atoms with Crippen LogP contribution in [-0.2, 0) is 4.79 Å². The number of carboxylic acid groups (broad SMARTS) is 1. The predicted octanol–water partition coefficient (Wildman–Crippen LogP) is 2.39. The standard InChI is InChI=1S/C18H26O4/c1-12-7-8-14-9-13(11-19)10-18(2,22)17(14)15(12)5-3-4-6-16(20)21/h3-8,12-15,17,19,22H,9-11H2,1-2H3,(H,20,21)/b5-3+,6-4+/t12-,13+,14-,15-,17-,18-/m0/s1. The topological polar surface area (TPSA) is 77.8 Å². The van der Waals surface area contributed by atoms with E-state index >= 15 is 0 Å². The smallest absolute Gasteiger partial charge is 0.328 e. The molecule has 0 aliphatic heterocycles. The number of carbonyl (C=O) groups is 1. The summed E-state index contributed by atoms with van der Waals surface area (Å²) >= 11 is 0. The number of aliphatic carboxylic acids is 1. The highest BCUT2D eigenvalue weighted by molar-refractivity contribution is 5.80. The van der Waals surface area contributed by atoms with Crippen LogP contribution in [0.4, 0.5) is 0 Å². The molecule has 0 aromatic carbocycles. The van der Waals surface area contributed by atoms with Crippen molar-refractivity contribution in [2.45, 2.75) is 32.3 Å². The monoisotopic (exact) mass is 306 g/mol. The van der Waals surface area contributed by atoms with Crippen LogP contribution in [0.2, 0.25) is 0 Å². The Morgan fingerprint density at radius 3 is 2.73 bits per heavy atom.